The minimum atomic E-state index is -0.803. The second kappa shape index (κ2) is 5.40. The molecule has 0 radical (unpaired) electrons. The molecule has 1 atom stereocenters. The van der Waals surface area contributed by atoms with Crippen molar-refractivity contribution in [3.63, 3.8) is 0 Å². The Morgan fingerprint density at radius 2 is 2.28 bits per heavy atom. The molecule has 1 aliphatic rings. The van der Waals surface area contributed by atoms with E-state index in [4.69, 9.17) is 16.7 Å². The summed E-state index contributed by atoms with van der Waals surface area (Å²) in [5.74, 6) is -0.804. The standard InChI is InChI=1S/C13H14ClNO3/c14-10(2-1-3-13(17)18)8-4-5-11-9(6-8)7-12(16)15-11/h4-6,10H,1-3,7H2,(H,15,16)(H,17,18). The quantitative estimate of drug-likeness (QED) is 0.806. The number of rotatable bonds is 5. The molecule has 2 rings (SSSR count). The Hall–Kier alpha value is -1.55. The highest BCUT2D eigenvalue weighted by molar-refractivity contribution is 6.20. The van der Waals surface area contributed by atoms with E-state index in [0.29, 0.717) is 19.3 Å². The van der Waals surface area contributed by atoms with E-state index < -0.39 is 5.97 Å². The number of hydrogen-bond donors (Lipinski definition) is 2. The number of carbonyl (C=O) groups is 2. The van der Waals surface area contributed by atoms with E-state index in [2.05, 4.69) is 5.32 Å². The molecule has 18 heavy (non-hydrogen) atoms. The Balaban J connectivity index is 1.99. The van der Waals surface area contributed by atoms with Crippen molar-refractivity contribution in [2.75, 3.05) is 5.32 Å². The number of nitrogens with one attached hydrogen (secondary N) is 1. The molecule has 1 amide bonds. The van der Waals surface area contributed by atoms with Gasteiger partial charge in [-0.1, -0.05) is 12.1 Å². The Labute approximate surface area is 110 Å². The number of hydrogen-bond acceptors (Lipinski definition) is 2. The molecule has 1 aromatic carbocycles. The van der Waals surface area contributed by atoms with Gasteiger partial charge in [0.2, 0.25) is 5.91 Å². The van der Waals surface area contributed by atoms with Gasteiger partial charge in [0.25, 0.3) is 0 Å². The summed E-state index contributed by atoms with van der Waals surface area (Å²) in [6.07, 6.45) is 1.70. The van der Waals surface area contributed by atoms with Gasteiger partial charge in [0.1, 0.15) is 0 Å². The number of benzene rings is 1. The van der Waals surface area contributed by atoms with E-state index in [0.717, 1.165) is 16.8 Å². The van der Waals surface area contributed by atoms with E-state index in [-0.39, 0.29) is 17.7 Å². The van der Waals surface area contributed by atoms with Crippen molar-refractivity contribution in [3.05, 3.63) is 29.3 Å². The van der Waals surface area contributed by atoms with E-state index in [1.165, 1.54) is 0 Å². The van der Waals surface area contributed by atoms with Crippen molar-refractivity contribution in [1.82, 2.24) is 0 Å². The van der Waals surface area contributed by atoms with Gasteiger partial charge in [-0.05, 0) is 30.0 Å². The third kappa shape index (κ3) is 3.01. The maximum atomic E-state index is 11.2. The summed E-state index contributed by atoms with van der Waals surface area (Å²) in [5, 5.41) is 11.1. The molecule has 0 bridgehead atoms. The average Bonchev–Trinajstić information content (AvgIpc) is 2.67. The summed E-state index contributed by atoms with van der Waals surface area (Å²) < 4.78 is 0. The van der Waals surface area contributed by atoms with Crippen LogP contribution in [0, 0.1) is 0 Å². The number of amides is 1. The number of aliphatic carboxylic acids is 1. The van der Waals surface area contributed by atoms with Crippen molar-refractivity contribution in [2.45, 2.75) is 31.1 Å². The van der Waals surface area contributed by atoms with E-state index in [9.17, 15) is 9.59 Å². The van der Waals surface area contributed by atoms with Gasteiger partial charge in [0.15, 0.2) is 0 Å². The number of carboxylic acid groups (broad SMARTS) is 1. The van der Waals surface area contributed by atoms with Gasteiger partial charge < -0.3 is 10.4 Å². The first-order valence-corrected chi connectivity index (χ1v) is 6.28. The molecule has 0 spiro atoms. The monoisotopic (exact) mass is 267 g/mol. The average molecular weight is 268 g/mol. The molecule has 2 N–H and O–H groups in total. The zero-order chi connectivity index (χ0) is 13.1. The highest BCUT2D eigenvalue weighted by Gasteiger charge is 2.19. The zero-order valence-corrected chi connectivity index (χ0v) is 10.5. The lowest BCUT2D eigenvalue weighted by atomic mass is 10.0. The first kappa shape index (κ1) is 12.9. The SMILES string of the molecule is O=C(O)CCCC(Cl)c1ccc2c(c1)CC(=O)N2. The van der Waals surface area contributed by atoms with Gasteiger partial charge >= 0.3 is 5.97 Å². The molecule has 1 aliphatic heterocycles. The second-order valence-electron chi connectivity index (χ2n) is 4.40. The lowest BCUT2D eigenvalue weighted by molar-refractivity contribution is -0.137. The van der Waals surface area contributed by atoms with Crippen LogP contribution in [0.15, 0.2) is 18.2 Å². The molecular weight excluding hydrogens is 254 g/mol. The van der Waals surface area contributed by atoms with Crippen LogP contribution in [0.2, 0.25) is 0 Å². The van der Waals surface area contributed by atoms with Gasteiger partial charge in [0.05, 0.1) is 11.8 Å². The highest BCUT2D eigenvalue weighted by Crippen LogP contribution is 2.31. The first-order chi connectivity index (χ1) is 8.56. The summed E-state index contributed by atoms with van der Waals surface area (Å²) in [5.41, 5.74) is 2.75. The largest absolute Gasteiger partial charge is 0.481 e. The van der Waals surface area contributed by atoms with Crippen LogP contribution in [0.3, 0.4) is 0 Å². The molecular formula is C13H14ClNO3. The normalized spacial score (nSPS) is 15.1. The molecule has 0 fully saturated rings. The number of carbonyl (C=O) groups excluding carboxylic acids is 1. The van der Waals surface area contributed by atoms with Gasteiger partial charge in [-0.25, -0.2) is 0 Å². The molecule has 4 nitrogen and oxygen atoms in total. The van der Waals surface area contributed by atoms with Crippen LogP contribution in [-0.2, 0) is 16.0 Å². The predicted octanol–water partition coefficient (Wildman–Crippen LogP) is 2.72. The smallest absolute Gasteiger partial charge is 0.303 e. The van der Waals surface area contributed by atoms with Crippen molar-refractivity contribution < 1.29 is 14.7 Å². The summed E-state index contributed by atoms with van der Waals surface area (Å²) in [6, 6.07) is 5.65. The first-order valence-electron chi connectivity index (χ1n) is 5.85. The van der Waals surface area contributed by atoms with Crippen molar-refractivity contribution in [3.8, 4) is 0 Å². The van der Waals surface area contributed by atoms with Crippen LogP contribution in [-0.4, -0.2) is 17.0 Å². The van der Waals surface area contributed by atoms with E-state index in [1.54, 1.807) is 0 Å². The summed E-state index contributed by atoms with van der Waals surface area (Å²) in [6.45, 7) is 0. The zero-order valence-electron chi connectivity index (χ0n) is 9.78. The minimum Gasteiger partial charge on any atom is -0.481 e. The number of carboxylic acids is 1. The molecule has 0 aliphatic carbocycles. The Morgan fingerprint density at radius 3 is 3.00 bits per heavy atom. The summed E-state index contributed by atoms with van der Waals surface area (Å²) >= 11 is 6.23. The van der Waals surface area contributed by atoms with Crippen LogP contribution in [0.1, 0.15) is 35.8 Å². The van der Waals surface area contributed by atoms with Crippen LogP contribution in [0.25, 0.3) is 0 Å². The van der Waals surface area contributed by atoms with Crippen LogP contribution >= 0.6 is 11.6 Å². The van der Waals surface area contributed by atoms with Crippen molar-refractivity contribution >= 4 is 29.2 Å². The highest BCUT2D eigenvalue weighted by atomic mass is 35.5. The molecule has 1 unspecified atom stereocenters. The van der Waals surface area contributed by atoms with Crippen LogP contribution < -0.4 is 5.32 Å². The Kier molecular flexibility index (Phi) is 3.87. The molecule has 1 heterocycles. The van der Waals surface area contributed by atoms with Crippen LogP contribution in [0.4, 0.5) is 5.69 Å². The maximum absolute atomic E-state index is 11.2. The number of halogens is 1. The molecule has 0 saturated heterocycles. The number of anilines is 1. The summed E-state index contributed by atoms with van der Waals surface area (Å²) in [4.78, 5) is 21.6. The topological polar surface area (TPSA) is 66.4 Å². The van der Waals surface area contributed by atoms with Crippen molar-refractivity contribution in [1.29, 1.82) is 0 Å². The number of alkyl halides is 1. The van der Waals surface area contributed by atoms with Gasteiger partial charge in [-0.2, -0.15) is 0 Å². The lowest BCUT2D eigenvalue weighted by Crippen LogP contribution is -2.03. The molecule has 0 saturated carbocycles. The molecule has 0 aromatic heterocycles. The van der Waals surface area contributed by atoms with Gasteiger partial charge in [-0.15, -0.1) is 11.6 Å². The maximum Gasteiger partial charge on any atom is 0.303 e. The minimum absolute atomic E-state index is 0.000787. The predicted molar refractivity (Wildman–Crippen MR) is 68.9 cm³/mol. The fourth-order valence-electron chi connectivity index (χ4n) is 2.04. The number of fused-ring (bicyclic) bond motifs is 1. The van der Waals surface area contributed by atoms with Crippen LogP contribution in [0.5, 0.6) is 0 Å². The van der Waals surface area contributed by atoms with Gasteiger partial charge in [-0.3, -0.25) is 9.59 Å². The van der Waals surface area contributed by atoms with E-state index >= 15 is 0 Å². The Morgan fingerprint density at radius 1 is 1.50 bits per heavy atom. The molecule has 96 valence electrons. The fourth-order valence-corrected chi connectivity index (χ4v) is 2.33. The van der Waals surface area contributed by atoms with Crippen molar-refractivity contribution in [2.24, 2.45) is 0 Å². The third-order valence-electron chi connectivity index (χ3n) is 2.96. The van der Waals surface area contributed by atoms with Gasteiger partial charge in [0, 0.05) is 12.1 Å². The Bertz CT molecular complexity index is 487. The van der Waals surface area contributed by atoms with E-state index in [1.807, 2.05) is 18.2 Å². The molecule has 5 heteroatoms. The lowest BCUT2D eigenvalue weighted by Gasteiger charge is -2.10. The summed E-state index contributed by atoms with van der Waals surface area (Å²) in [7, 11) is 0. The third-order valence-corrected chi connectivity index (χ3v) is 3.43. The fraction of sp³-hybridized carbons (Fsp3) is 0.385. The molecule has 1 aromatic rings. The second-order valence-corrected chi connectivity index (χ2v) is 4.92.